The number of nitrogen functional groups attached to an aromatic ring is 1. The summed E-state index contributed by atoms with van der Waals surface area (Å²) in [5, 5.41) is 2.81. The summed E-state index contributed by atoms with van der Waals surface area (Å²) in [7, 11) is 0. The van der Waals surface area contributed by atoms with Crippen LogP contribution < -0.4 is 11.1 Å². The molecule has 0 unspecified atom stereocenters. The molecular weight excluding hydrogens is 178 g/mol. The zero-order valence-corrected chi connectivity index (χ0v) is 8.66. The van der Waals surface area contributed by atoms with Crippen molar-refractivity contribution in [2.24, 2.45) is 0 Å². The van der Waals surface area contributed by atoms with E-state index >= 15 is 0 Å². The van der Waals surface area contributed by atoms with Crippen LogP contribution in [0.4, 0.5) is 5.69 Å². The van der Waals surface area contributed by atoms with Crippen molar-refractivity contribution in [2.75, 3.05) is 5.73 Å². The maximum Gasteiger partial charge on any atom is 0.270 e. The summed E-state index contributed by atoms with van der Waals surface area (Å²) in [4.78, 5) is 15.5. The Kier molecular flexibility index (Phi) is 2.74. The number of nitrogens with two attached hydrogens (primary N) is 1. The van der Waals surface area contributed by atoms with Crippen molar-refractivity contribution in [1.82, 2.24) is 10.3 Å². The molecule has 14 heavy (non-hydrogen) atoms. The molecule has 0 spiro atoms. The van der Waals surface area contributed by atoms with Crippen molar-refractivity contribution in [3.63, 3.8) is 0 Å². The van der Waals surface area contributed by atoms with Gasteiger partial charge in [0.05, 0.1) is 0 Å². The van der Waals surface area contributed by atoms with Crippen molar-refractivity contribution in [3.8, 4) is 0 Å². The number of hydrogen-bond donors (Lipinski definition) is 2. The first kappa shape index (κ1) is 10.5. The number of hydrogen-bond acceptors (Lipinski definition) is 3. The second-order valence-corrected chi connectivity index (χ2v) is 4.18. The molecule has 0 radical (unpaired) electrons. The van der Waals surface area contributed by atoms with Crippen molar-refractivity contribution < 1.29 is 4.79 Å². The van der Waals surface area contributed by atoms with Gasteiger partial charge in [-0.2, -0.15) is 0 Å². The van der Waals surface area contributed by atoms with Crippen LogP contribution in [-0.4, -0.2) is 16.4 Å². The topological polar surface area (TPSA) is 68.0 Å². The van der Waals surface area contributed by atoms with Gasteiger partial charge in [-0.05, 0) is 32.9 Å². The standard InChI is InChI=1S/C10H15N3O/c1-10(2,3)13-9(14)8-6-7(11)4-5-12-8/h4-6H,1-3H3,(H2,11,12)(H,13,14). The van der Waals surface area contributed by atoms with E-state index in [9.17, 15) is 4.79 Å². The predicted molar refractivity (Wildman–Crippen MR) is 55.9 cm³/mol. The molecule has 0 saturated heterocycles. The number of pyridine rings is 1. The molecule has 76 valence electrons. The zero-order chi connectivity index (χ0) is 10.8. The number of aromatic nitrogens is 1. The van der Waals surface area contributed by atoms with Gasteiger partial charge in [0.1, 0.15) is 5.69 Å². The highest BCUT2D eigenvalue weighted by molar-refractivity contribution is 5.93. The molecule has 3 N–H and O–H groups in total. The molecule has 0 aromatic carbocycles. The van der Waals surface area contributed by atoms with Crippen molar-refractivity contribution >= 4 is 11.6 Å². The molecule has 0 aliphatic carbocycles. The van der Waals surface area contributed by atoms with Gasteiger partial charge in [0.2, 0.25) is 0 Å². The Bertz CT molecular complexity index is 341. The third-order valence-electron chi connectivity index (χ3n) is 1.51. The Balaban J connectivity index is 2.80. The third-order valence-corrected chi connectivity index (χ3v) is 1.51. The molecule has 1 aromatic heterocycles. The van der Waals surface area contributed by atoms with Crippen molar-refractivity contribution in [2.45, 2.75) is 26.3 Å². The fourth-order valence-corrected chi connectivity index (χ4v) is 0.976. The van der Waals surface area contributed by atoms with E-state index in [2.05, 4.69) is 10.3 Å². The quantitative estimate of drug-likeness (QED) is 0.704. The number of carbonyl (C=O) groups is 1. The Morgan fingerprint density at radius 1 is 1.50 bits per heavy atom. The van der Waals surface area contributed by atoms with Gasteiger partial charge in [0, 0.05) is 17.4 Å². The molecule has 0 atom stereocenters. The first-order valence-corrected chi connectivity index (χ1v) is 4.42. The molecular formula is C10H15N3O. The van der Waals surface area contributed by atoms with E-state index in [4.69, 9.17) is 5.73 Å². The van der Waals surface area contributed by atoms with Crippen LogP contribution in [-0.2, 0) is 0 Å². The lowest BCUT2D eigenvalue weighted by molar-refractivity contribution is 0.0914. The third kappa shape index (κ3) is 3.05. The fraction of sp³-hybridized carbons (Fsp3) is 0.400. The van der Waals surface area contributed by atoms with Crippen LogP contribution in [0.3, 0.4) is 0 Å². The van der Waals surface area contributed by atoms with E-state index in [1.807, 2.05) is 20.8 Å². The maximum atomic E-state index is 11.6. The molecule has 4 nitrogen and oxygen atoms in total. The Labute approximate surface area is 83.5 Å². The van der Waals surface area contributed by atoms with Gasteiger partial charge in [-0.3, -0.25) is 9.78 Å². The second-order valence-electron chi connectivity index (χ2n) is 4.18. The average molecular weight is 193 g/mol. The van der Waals surface area contributed by atoms with Crippen LogP contribution in [0, 0.1) is 0 Å². The van der Waals surface area contributed by atoms with Crippen LogP contribution >= 0.6 is 0 Å². The number of nitrogens with zero attached hydrogens (tertiary/aromatic N) is 1. The molecule has 4 heteroatoms. The monoisotopic (exact) mass is 193 g/mol. The minimum Gasteiger partial charge on any atom is -0.399 e. The summed E-state index contributed by atoms with van der Waals surface area (Å²) in [6.07, 6.45) is 1.52. The van der Waals surface area contributed by atoms with Crippen LogP contribution in [0.2, 0.25) is 0 Å². The molecule has 0 saturated carbocycles. The number of nitrogens with one attached hydrogen (secondary N) is 1. The van der Waals surface area contributed by atoms with Crippen LogP contribution in [0.5, 0.6) is 0 Å². The average Bonchev–Trinajstić information content (AvgIpc) is 2.01. The Morgan fingerprint density at radius 2 is 2.14 bits per heavy atom. The minimum atomic E-state index is -0.261. The molecule has 1 heterocycles. The minimum absolute atomic E-state index is 0.204. The first-order valence-electron chi connectivity index (χ1n) is 4.42. The molecule has 0 fully saturated rings. The highest BCUT2D eigenvalue weighted by Crippen LogP contribution is 2.05. The summed E-state index contributed by atoms with van der Waals surface area (Å²) >= 11 is 0. The van der Waals surface area contributed by atoms with Crippen LogP contribution in [0.25, 0.3) is 0 Å². The summed E-state index contributed by atoms with van der Waals surface area (Å²) in [6.45, 7) is 5.74. The Morgan fingerprint density at radius 3 is 2.64 bits per heavy atom. The molecule has 1 rings (SSSR count). The maximum absolute atomic E-state index is 11.6. The number of amides is 1. The molecule has 1 amide bonds. The van der Waals surface area contributed by atoms with E-state index in [1.165, 1.54) is 6.20 Å². The lowest BCUT2D eigenvalue weighted by Gasteiger charge is -2.20. The zero-order valence-electron chi connectivity index (χ0n) is 8.66. The van der Waals surface area contributed by atoms with Gasteiger partial charge < -0.3 is 11.1 Å². The number of carbonyl (C=O) groups excluding carboxylic acids is 1. The normalized spacial score (nSPS) is 11.1. The van der Waals surface area contributed by atoms with E-state index < -0.39 is 0 Å². The molecule has 0 bridgehead atoms. The predicted octanol–water partition coefficient (Wildman–Crippen LogP) is 1.19. The van der Waals surface area contributed by atoms with E-state index in [0.29, 0.717) is 11.4 Å². The van der Waals surface area contributed by atoms with Crippen molar-refractivity contribution in [1.29, 1.82) is 0 Å². The largest absolute Gasteiger partial charge is 0.399 e. The van der Waals surface area contributed by atoms with Gasteiger partial charge in [-0.1, -0.05) is 0 Å². The fourth-order valence-electron chi connectivity index (χ4n) is 0.976. The molecule has 1 aromatic rings. The summed E-state index contributed by atoms with van der Waals surface area (Å²) in [6, 6.07) is 3.20. The number of rotatable bonds is 1. The smallest absolute Gasteiger partial charge is 0.270 e. The van der Waals surface area contributed by atoms with Crippen LogP contribution in [0.1, 0.15) is 31.3 Å². The van der Waals surface area contributed by atoms with Gasteiger partial charge in [-0.15, -0.1) is 0 Å². The van der Waals surface area contributed by atoms with E-state index in [-0.39, 0.29) is 11.4 Å². The van der Waals surface area contributed by atoms with Gasteiger partial charge in [-0.25, -0.2) is 0 Å². The highest BCUT2D eigenvalue weighted by atomic mass is 16.2. The first-order chi connectivity index (χ1) is 6.38. The number of anilines is 1. The Hall–Kier alpha value is -1.58. The molecule has 0 aliphatic rings. The lowest BCUT2D eigenvalue weighted by Crippen LogP contribution is -2.40. The van der Waals surface area contributed by atoms with E-state index in [1.54, 1.807) is 12.1 Å². The summed E-state index contributed by atoms with van der Waals surface area (Å²) in [5.74, 6) is -0.204. The van der Waals surface area contributed by atoms with Gasteiger partial charge >= 0.3 is 0 Å². The second kappa shape index (κ2) is 3.65. The highest BCUT2D eigenvalue weighted by Gasteiger charge is 2.15. The van der Waals surface area contributed by atoms with Gasteiger partial charge in [0.25, 0.3) is 5.91 Å². The molecule has 0 aliphatic heterocycles. The van der Waals surface area contributed by atoms with Crippen molar-refractivity contribution in [3.05, 3.63) is 24.0 Å². The SMILES string of the molecule is CC(C)(C)NC(=O)c1cc(N)ccn1. The summed E-state index contributed by atoms with van der Waals surface area (Å²) in [5.41, 5.74) is 6.17. The van der Waals surface area contributed by atoms with Gasteiger partial charge in [0.15, 0.2) is 0 Å². The van der Waals surface area contributed by atoms with Crippen LogP contribution in [0.15, 0.2) is 18.3 Å². The van der Waals surface area contributed by atoms with E-state index in [0.717, 1.165) is 0 Å². The lowest BCUT2D eigenvalue weighted by atomic mass is 10.1. The summed E-state index contributed by atoms with van der Waals surface area (Å²) < 4.78 is 0.